The Morgan fingerprint density at radius 3 is 3.12 bits per heavy atom. The number of imidazole rings is 1. The van der Waals surface area contributed by atoms with Crippen LogP contribution >= 0.6 is 0 Å². The minimum absolute atomic E-state index is 0.686. The highest BCUT2D eigenvalue weighted by Crippen LogP contribution is 2.14. The van der Waals surface area contributed by atoms with Crippen LogP contribution in [-0.2, 0) is 6.42 Å². The Hall–Kier alpha value is -2.23. The molecule has 80 valence electrons. The number of fused-ring (bicyclic) bond motifs is 1. The largest absolute Gasteiger partial charge is 0.469 e. The normalized spacial score (nSPS) is 11.0. The first-order valence-electron chi connectivity index (χ1n) is 5.07. The van der Waals surface area contributed by atoms with E-state index in [9.17, 15) is 0 Å². The zero-order chi connectivity index (χ0) is 11.0. The monoisotopic (exact) mass is 213 g/mol. The van der Waals surface area contributed by atoms with Gasteiger partial charge in [-0.1, -0.05) is 0 Å². The summed E-state index contributed by atoms with van der Waals surface area (Å²) in [5.41, 5.74) is 7.46. The van der Waals surface area contributed by atoms with Gasteiger partial charge in [-0.2, -0.15) is 0 Å². The number of nitrogens with two attached hydrogens (primary N) is 1. The lowest BCUT2D eigenvalue weighted by molar-refractivity contribution is 0.516. The third kappa shape index (κ3) is 1.44. The van der Waals surface area contributed by atoms with E-state index in [1.807, 2.05) is 41.1 Å². The number of hydrogen-bond donors (Lipinski definition) is 1. The highest BCUT2D eigenvalue weighted by molar-refractivity contribution is 5.56. The van der Waals surface area contributed by atoms with Crippen molar-refractivity contribution < 1.29 is 4.42 Å². The number of nitrogen functional groups attached to an aromatic ring is 1. The molecular weight excluding hydrogens is 202 g/mol. The van der Waals surface area contributed by atoms with Gasteiger partial charge in [0.05, 0.1) is 24.4 Å². The average Bonchev–Trinajstić information content (AvgIpc) is 2.89. The van der Waals surface area contributed by atoms with Crippen molar-refractivity contribution in [3.8, 4) is 0 Å². The molecule has 3 aromatic heterocycles. The lowest BCUT2D eigenvalue weighted by Crippen LogP contribution is -1.96. The Morgan fingerprint density at radius 2 is 2.31 bits per heavy atom. The minimum Gasteiger partial charge on any atom is -0.469 e. The van der Waals surface area contributed by atoms with Crippen LogP contribution in [-0.4, -0.2) is 9.38 Å². The lowest BCUT2D eigenvalue weighted by Gasteiger charge is -2.00. The summed E-state index contributed by atoms with van der Waals surface area (Å²) in [5.74, 6) is 1.86. The predicted octanol–water partition coefficient (Wildman–Crippen LogP) is 2.10. The van der Waals surface area contributed by atoms with Crippen LogP contribution in [0.4, 0.5) is 5.69 Å². The van der Waals surface area contributed by atoms with E-state index in [2.05, 4.69) is 4.98 Å². The number of nitrogens with zero attached hydrogens (tertiary/aromatic N) is 2. The first-order chi connectivity index (χ1) is 7.83. The molecule has 4 nitrogen and oxygen atoms in total. The topological polar surface area (TPSA) is 56.5 Å². The lowest BCUT2D eigenvalue weighted by atomic mass is 10.3. The standard InChI is InChI=1S/C12H11N3O/c13-9-3-4-15-10(6-9)8-14-12(15)7-11-2-1-5-16-11/h1-6,8H,7,13H2. The first-order valence-corrected chi connectivity index (χ1v) is 5.07. The van der Waals surface area contributed by atoms with E-state index in [1.165, 1.54) is 0 Å². The van der Waals surface area contributed by atoms with Gasteiger partial charge in [0.1, 0.15) is 11.6 Å². The van der Waals surface area contributed by atoms with E-state index in [1.54, 1.807) is 6.26 Å². The molecule has 3 rings (SSSR count). The maximum absolute atomic E-state index is 5.71. The Bertz CT molecular complexity index is 610. The SMILES string of the molecule is Nc1ccn2c(Cc3ccco3)ncc2c1. The number of anilines is 1. The fraction of sp³-hybridized carbons (Fsp3) is 0.0833. The molecule has 0 amide bonds. The smallest absolute Gasteiger partial charge is 0.120 e. The molecule has 0 fully saturated rings. The quantitative estimate of drug-likeness (QED) is 0.709. The molecule has 0 saturated heterocycles. The van der Waals surface area contributed by atoms with Gasteiger partial charge in [-0.25, -0.2) is 4.98 Å². The Morgan fingerprint density at radius 1 is 1.38 bits per heavy atom. The predicted molar refractivity (Wildman–Crippen MR) is 61.1 cm³/mol. The number of furan rings is 1. The van der Waals surface area contributed by atoms with Crippen molar-refractivity contribution in [2.75, 3.05) is 5.73 Å². The summed E-state index contributed by atoms with van der Waals surface area (Å²) in [6, 6.07) is 7.58. The van der Waals surface area contributed by atoms with Crippen molar-refractivity contribution in [3.63, 3.8) is 0 Å². The average molecular weight is 213 g/mol. The molecule has 2 N–H and O–H groups in total. The zero-order valence-corrected chi connectivity index (χ0v) is 8.63. The molecular formula is C12H11N3O. The number of pyridine rings is 1. The molecule has 0 aliphatic carbocycles. The van der Waals surface area contributed by atoms with Gasteiger partial charge in [-0.05, 0) is 24.3 Å². The number of aromatic nitrogens is 2. The molecule has 0 bridgehead atoms. The van der Waals surface area contributed by atoms with Crippen molar-refractivity contribution in [1.82, 2.24) is 9.38 Å². The first kappa shape index (κ1) is 9.03. The molecule has 3 heterocycles. The molecule has 0 radical (unpaired) electrons. The summed E-state index contributed by atoms with van der Waals surface area (Å²) in [4.78, 5) is 4.36. The number of rotatable bonds is 2. The van der Waals surface area contributed by atoms with Gasteiger partial charge in [0.2, 0.25) is 0 Å². The van der Waals surface area contributed by atoms with E-state index in [-0.39, 0.29) is 0 Å². The van der Waals surface area contributed by atoms with Crippen LogP contribution in [0.2, 0.25) is 0 Å². The molecule has 0 saturated carbocycles. The van der Waals surface area contributed by atoms with Gasteiger partial charge in [0, 0.05) is 11.9 Å². The third-order valence-corrected chi connectivity index (χ3v) is 2.55. The highest BCUT2D eigenvalue weighted by atomic mass is 16.3. The molecule has 16 heavy (non-hydrogen) atoms. The van der Waals surface area contributed by atoms with Crippen LogP contribution in [0, 0.1) is 0 Å². The Kier molecular flexibility index (Phi) is 1.93. The summed E-state index contributed by atoms with van der Waals surface area (Å²) in [5, 5.41) is 0. The highest BCUT2D eigenvalue weighted by Gasteiger charge is 2.06. The molecule has 0 spiro atoms. The van der Waals surface area contributed by atoms with Crippen LogP contribution in [0.15, 0.2) is 47.3 Å². The zero-order valence-electron chi connectivity index (χ0n) is 8.63. The van der Waals surface area contributed by atoms with Crippen LogP contribution in [0.1, 0.15) is 11.6 Å². The van der Waals surface area contributed by atoms with Gasteiger partial charge in [0.25, 0.3) is 0 Å². The second kappa shape index (κ2) is 3.41. The molecule has 3 aromatic rings. The van der Waals surface area contributed by atoms with Crippen molar-refractivity contribution in [2.45, 2.75) is 6.42 Å². The summed E-state index contributed by atoms with van der Waals surface area (Å²) < 4.78 is 7.31. The molecule has 0 atom stereocenters. The molecule has 0 unspecified atom stereocenters. The second-order valence-corrected chi connectivity index (χ2v) is 3.69. The maximum Gasteiger partial charge on any atom is 0.120 e. The Labute approximate surface area is 92.3 Å². The van der Waals surface area contributed by atoms with Crippen LogP contribution in [0.5, 0.6) is 0 Å². The van der Waals surface area contributed by atoms with Gasteiger partial charge in [0.15, 0.2) is 0 Å². The third-order valence-electron chi connectivity index (χ3n) is 2.55. The summed E-state index contributed by atoms with van der Waals surface area (Å²) in [6.07, 6.45) is 6.10. The summed E-state index contributed by atoms with van der Waals surface area (Å²) in [7, 11) is 0. The molecule has 0 aromatic carbocycles. The van der Waals surface area contributed by atoms with Crippen LogP contribution in [0.3, 0.4) is 0 Å². The molecule has 0 aliphatic rings. The van der Waals surface area contributed by atoms with Gasteiger partial charge in [-0.15, -0.1) is 0 Å². The molecule has 4 heteroatoms. The summed E-state index contributed by atoms with van der Waals surface area (Å²) in [6.45, 7) is 0. The van der Waals surface area contributed by atoms with Crippen molar-refractivity contribution in [3.05, 3.63) is 54.5 Å². The van der Waals surface area contributed by atoms with Crippen molar-refractivity contribution in [1.29, 1.82) is 0 Å². The van der Waals surface area contributed by atoms with Crippen LogP contribution < -0.4 is 5.73 Å². The minimum atomic E-state index is 0.686. The van der Waals surface area contributed by atoms with Crippen molar-refractivity contribution >= 4 is 11.2 Å². The van der Waals surface area contributed by atoms with Gasteiger partial charge >= 0.3 is 0 Å². The van der Waals surface area contributed by atoms with Gasteiger partial charge in [-0.3, -0.25) is 0 Å². The summed E-state index contributed by atoms with van der Waals surface area (Å²) >= 11 is 0. The van der Waals surface area contributed by atoms with E-state index >= 15 is 0 Å². The fourth-order valence-electron chi connectivity index (χ4n) is 1.77. The second-order valence-electron chi connectivity index (χ2n) is 3.69. The van der Waals surface area contributed by atoms with Crippen LogP contribution in [0.25, 0.3) is 5.52 Å². The Balaban J connectivity index is 2.04. The van der Waals surface area contributed by atoms with Crippen molar-refractivity contribution in [2.24, 2.45) is 0 Å². The van der Waals surface area contributed by atoms with E-state index in [4.69, 9.17) is 10.2 Å². The van der Waals surface area contributed by atoms with E-state index in [0.717, 1.165) is 22.8 Å². The van der Waals surface area contributed by atoms with E-state index in [0.29, 0.717) is 6.42 Å². The van der Waals surface area contributed by atoms with E-state index < -0.39 is 0 Å². The maximum atomic E-state index is 5.71. The van der Waals surface area contributed by atoms with Gasteiger partial charge < -0.3 is 14.6 Å². The number of hydrogen-bond acceptors (Lipinski definition) is 3. The fourth-order valence-corrected chi connectivity index (χ4v) is 1.77. The molecule has 0 aliphatic heterocycles.